The van der Waals surface area contributed by atoms with Gasteiger partial charge in [0.05, 0.1) is 6.04 Å². The fraction of sp³-hybridized carbons (Fsp3) is 0.353. The van der Waals surface area contributed by atoms with Crippen LogP contribution in [0.15, 0.2) is 36.5 Å². The molecule has 1 N–H and O–H groups in total. The molecule has 1 atom stereocenters. The summed E-state index contributed by atoms with van der Waals surface area (Å²) in [6.07, 6.45) is 1.85. The van der Waals surface area contributed by atoms with Crippen LogP contribution in [0.2, 0.25) is 0 Å². The number of rotatable bonds is 4. The van der Waals surface area contributed by atoms with Gasteiger partial charge in [0.2, 0.25) is 0 Å². The highest BCUT2D eigenvalue weighted by molar-refractivity contribution is 5.41. The third-order valence-electron chi connectivity index (χ3n) is 3.72. The molecule has 1 unspecified atom stereocenters. The largest absolute Gasteiger partial charge is 0.306 e. The van der Waals surface area contributed by atoms with E-state index < -0.39 is 0 Å². The van der Waals surface area contributed by atoms with Crippen LogP contribution in [0.5, 0.6) is 0 Å². The minimum Gasteiger partial charge on any atom is -0.306 e. The molecular formula is C17H22N2. The predicted octanol–water partition coefficient (Wildman–Crippen LogP) is 3.71. The first-order chi connectivity index (χ1) is 9.15. The quantitative estimate of drug-likeness (QED) is 0.899. The summed E-state index contributed by atoms with van der Waals surface area (Å²) in [7, 11) is 0. The van der Waals surface area contributed by atoms with E-state index in [1.807, 2.05) is 12.3 Å². The van der Waals surface area contributed by atoms with E-state index in [2.05, 4.69) is 62.3 Å². The first-order valence-electron chi connectivity index (χ1n) is 6.86. The maximum Gasteiger partial charge on any atom is 0.0597 e. The van der Waals surface area contributed by atoms with Crippen molar-refractivity contribution in [3.63, 3.8) is 0 Å². The van der Waals surface area contributed by atoms with Gasteiger partial charge in [0, 0.05) is 11.9 Å². The van der Waals surface area contributed by atoms with Crippen molar-refractivity contribution >= 4 is 0 Å². The van der Waals surface area contributed by atoms with Crippen molar-refractivity contribution in [3.8, 4) is 0 Å². The zero-order valence-corrected chi connectivity index (χ0v) is 12.2. The van der Waals surface area contributed by atoms with E-state index in [4.69, 9.17) is 0 Å². The second-order valence-electron chi connectivity index (χ2n) is 4.96. The zero-order chi connectivity index (χ0) is 13.8. The maximum absolute atomic E-state index is 4.42. The van der Waals surface area contributed by atoms with E-state index in [0.29, 0.717) is 0 Å². The molecule has 0 aliphatic rings. The van der Waals surface area contributed by atoms with E-state index in [0.717, 1.165) is 12.2 Å². The molecule has 2 heteroatoms. The van der Waals surface area contributed by atoms with Gasteiger partial charge in [-0.05, 0) is 55.6 Å². The second kappa shape index (κ2) is 5.98. The van der Waals surface area contributed by atoms with Gasteiger partial charge in [-0.3, -0.25) is 4.98 Å². The lowest BCUT2D eigenvalue weighted by Gasteiger charge is -2.23. The van der Waals surface area contributed by atoms with Crippen LogP contribution in [0.3, 0.4) is 0 Å². The summed E-state index contributed by atoms with van der Waals surface area (Å²) in [5.41, 5.74) is 6.39. The number of pyridine rings is 1. The number of nitrogens with one attached hydrogen (secondary N) is 1. The van der Waals surface area contributed by atoms with Crippen LogP contribution < -0.4 is 5.32 Å². The van der Waals surface area contributed by atoms with Gasteiger partial charge in [0.25, 0.3) is 0 Å². The molecule has 2 nitrogen and oxygen atoms in total. The summed E-state index contributed by atoms with van der Waals surface area (Å²) in [5.74, 6) is 0. The summed E-state index contributed by atoms with van der Waals surface area (Å²) < 4.78 is 0. The molecule has 0 saturated heterocycles. The van der Waals surface area contributed by atoms with Crippen LogP contribution in [0.1, 0.15) is 40.9 Å². The molecule has 100 valence electrons. The van der Waals surface area contributed by atoms with Gasteiger partial charge >= 0.3 is 0 Å². The number of aryl methyl sites for hydroxylation is 2. The van der Waals surface area contributed by atoms with Crippen LogP contribution in [-0.4, -0.2) is 11.5 Å². The molecule has 0 bridgehead atoms. The molecule has 0 aliphatic carbocycles. The van der Waals surface area contributed by atoms with Crippen molar-refractivity contribution in [2.45, 2.75) is 33.7 Å². The topological polar surface area (TPSA) is 24.9 Å². The van der Waals surface area contributed by atoms with Crippen molar-refractivity contribution < 1.29 is 0 Å². The Hall–Kier alpha value is -1.67. The van der Waals surface area contributed by atoms with Crippen molar-refractivity contribution in [2.24, 2.45) is 0 Å². The summed E-state index contributed by atoms with van der Waals surface area (Å²) in [6.45, 7) is 9.51. The highest BCUT2D eigenvalue weighted by Gasteiger charge is 2.17. The lowest BCUT2D eigenvalue weighted by molar-refractivity contribution is 0.621. The van der Waals surface area contributed by atoms with Gasteiger partial charge < -0.3 is 5.32 Å². The Morgan fingerprint density at radius 3 is 2.47 bits per heavy atom. The molecule has 0 radical (unpaired) electrons. The number of hydrogen-bond acceptors (Lipinski definition) is 2. The summed E-state index contributed by atoms with van der Waals surface area (Å²) in [6, 6.07) is 10.9. The molecule has 2 rings (SSSR count). The van der Waals surface area contributed by atoms with Gasteiger partial charge in [0.15, 0.2) is 0 Å². The molecule has 1 aromatic heterocycles. The van der Waals surface area contributed by atoms with Crippen molar-refractivity contribution in [2.75, 3.05) is 6.54 Å². The first-order valence-corrected chi connectivity index (χ1v) is 6.86. The average molecular weight is 254 g/mol. The molecule has 1 aromatic carbocycles. The molecule has 0 aliphatic heterocycles. The van der Waals surface area contributed by atoms with Gasteiger partial charge in [0.1, 0.15) is 0 Å². The monoisotopic (exact) mass is 254 g/mol. The number of nitrogens with zero attached hydrogens (tertiary/aromatic N) is 1. The first kappa shape index (κ1) is 13.8. The lowest BCUT2D eigenvalue weighted by atomic mass is 9.92. The van der Waals surface area contributed by atoms with E-state index >= 15 is 0 Å². The molecule has 0 spiro atoms. The molecule has 0 fully saturated rings. The van der Waals surface area contributed by atoms with Gasteiger partial charge in [-0.1, -0.05) is 31.2 Å². The van der Waals surface area contributed by atoms with E-state index in [-0.39, 0.29) is 6.04 Å². The third-order valence-corrected chi connectivity index (χ3v) is 3.72. The van der Waals surface area contributed by atoms with Crippen LogP contribution in [0.4, 0.5) is 0 Å². The molecule has 0 amide bonds. The number of aromatic nitrogens is 1. The minimum atomic E-state index is 0.221. The standard InChI is InChI=1S/C17H22N2/c1-5-18-17(16-10-7-11-19-14(16)4)15-9-6-8-12(2)13(15)3/h6-11,17-18H,5H2,1-4H3. The Labute approximate surface area is 115 Å². The number of benzene rings is 1. The fourth-order valence-corrected chi connectivity index (χ4v) is 2.48. The van der Waals surface area contributed by atoms with Crippen LogP contribution >= 0.6 is 0 Å². The molecule has 0 saturated carbocycles. The summed E-state index contributed by atoms with van der Waals surface area (Å²) >= 11 is 0. The van der Waals surface area contributed by atoms with Crippen LogP contribution in [-0.2, 0) is 0 Å². The zero-order valence-electron chi connectivity index (χ0n) is 12.2. The SMILES string of the molecule is CCNC(c1cccnc1C)c1cccc(C)c1C. The third kappa shape index (κ3) is 2.85. The van der Waals surface area contributed by atoms with Crippen molar-refractivity contribution in [1.82, 2.24) is 10.3 Å². The van der Waals surface area contributed by atoms with Crippen LogP contribution in [0.25, 0.3) is 0 Å². The van der Waals surface area contributed by atoms with Gasteiger partial charge in [-0.2, -0.15) is 0 Å². The Morgan fingerprint density at radius 1 is 1.05 bits per heavy atom. The molecule has 19 heavy (non-hydrogen) atoms. The van der Waals surface area contributed by atoms with Gasteiger partial charge in [-0.15, -0.1) is 0 Å². The lowest BCUT2D eigenvalue weighted by Crippen LogP contribution is -2.24. The Morgan fingerprint density at radius 2 is 1.79 bits per heavy atom. The van der Waals surface area contributed by atoms with Gasteiger partial charge in [-0.25, -0.2) is 0 Å². The Kier molecular flexibility index (Phi) is 4.33. The fourth-order valence-electron chi connectivity index (χ4n) is 2.48. The summed E-state index contributed by atoms with van der Waals surface area (Å²) in [4.78, 5) is 4.42. The normalized spacial score (nSPS) is 12.4. The maximum atomic E-state index is 4.42. The van der Waals surface area contributed by atoms with Crippen molar-refractivity contribution in [1.29, 1.82) is 0 Å². The Balaban J connectivity index is 2.52. The smallest absolute Gasteiger partial charge is 0.0597 e. The number of hydrogen-bond donors (Lipinski definition) is 1. The summed E-state index contributed by atoms with van der Waals surface area (Å²) in [5, 5.41) is 3.58. The highest BCUT2D eigenvalue weighted by Crippen LogP contribution is 2.27. The highest BCUT2D eigenvalue weighted by atomic mass is 14.9. The Bertz CT molecular complexity index is 561. The van der Waals surface area contributed by atoms with Crippen LogP contribution in [0, 0.1) is 20.8 Å². The van der Waals surface area contributed by atoms with E-state index in [9.17, 15) is 0 Å². The minimum absolute atomic E-state index is 0.221. The molecule has 2 aromatic rings. The second-order valence-corrected chi connectivity index (χ2v) is 4.96. The average Bonchev–Trinajstić information content (AvgIpc) is 2.41. The van der Waals surface area contributed by atoms with Crippen molar-refractivity contribution in [3.05, 3.63) is 64.5 Å². The van der Waals surface area contributed by atoms with E-state index in [1.54, 1.807) is 0 Å². The molecule has 1 heterocycles. The molecular weight excluding hydrogens is 232 g/mol. The predicted molar refractivity (Wildman–Crippen MR) is 80.4 cm³/mol. The van der Waals surface area contributed by atoms with E-state index in [1.165, 1.54) is 22.3 Å².